The Morgan fingerprint density at radius 3 is 2.27 bits per heavy atom. The quantitative estimate of drug-likeness (QED) is 0.625. The Morgan fingerprint density at radius 1 is 1.20 bits per heavy atom. The maximum atomic E-state index is 3.55. The van der Waals surface area contributed by atoms with Crippen molar-refractivity contribution in [2.24, 2.45) is 5.41 Å². The van der Waals surface area contributed by atoms with Gasteiger partial charge in [-0.1, -0.05) is 33.6 Å². The van der Waals surface area contributed by atoms with E-state index in [9.17, 15) is 0 Å². The van der Waals surface area contributed by atoms with E-state index in [1.807, 2.05) is 0 Å². The highest BCUT2D eigenvalue weighted by molar-refractivity contribution is 8.19. The normalized spacial score (nSPS) is 20.5. The highest BCUT2D eigenvalue weighted by Crippen LogP contribution is 2.52. The van der Waals surface area contributed by atoms with Crippen LogP contribution in [-0.2, 0) is 0 Å². The van der Waals surface area contributed by atoms with Crippen molar-refractivity contribution in [3.63, 3.8) is 0 Å². The van der Waals surface area contributed by atoms with Crippen molar-refractivity contribution in [2.45, 2.75) is 51.0 Å². The zero-order valence-corrected chi connectivity index (χ0v) is 12.0. The van der Waals surface area contributed by atoms with Gasteiger partial charge in [-0.05, 0) is 29.8 Å². The summed E-state index contributed by atoms with van der Waals surface area (Å²) in [5, 5.41) is 0. The zero-order valence-electron chi connectivity index (χ0n) is 10.4. The molecule has 1 saturated heterocycles. The minimum atomic E-state index is 0.139. The van der Waals surface area contributed by atoms with Gasteiger partial charge in [0.05, 0.1) is 0 Å². The lowest BCUT2D eigenvalue weighted by Crippen LogP contribution is -2.37. The van der Waals surface area contributed by atoms with Crippen LogP contribution in [0.5, 0.6) is 0 Å². The van der Waals surface area contributed by atoms with Crippen LogP contribution in [0.15, 0.2) is 0 Å². The van der Waals surface area contributed by atoms with Gasteiger partial charge >= 0.3 is 0 Å². The van der Waals surface area contributed by atoms with E-state index in [1.54, 1.807) is 0 Å². The first-order valence-electron chi connectivity index (χ1n) is 5.80. The van der Waals surface area contributed by atoms with E-state index in [1.165, 1.54) is 24.3 Å². The number of hydrogen-bond acceptors (Lipinski definition) is 2. The molecule has 0 aromatic rings. The predicted molar refractivity (Wildman–Crippen MR) is 74.4 cm³/mol. The Bertz CT molecular complexity index is 246. The van der Waals surface area contributed by atoms with Gasteiger partial charge in [0.1, 0.15) is 4.08 Å². The second-order valence-corrected chi connectivity index (χ2v) is 7.85. The number of hydrogen-bond donors (Lipinski definition) is 0. The molecule has 1 aliphatic rings. The molecule has 1 fully saturated rings. The molecule has 0 unspecified atom stereocenters. The number of thioether (sulfide) groups is 2. The summed E-state index contributed by atoms with van der Waals surface area (Å²) >= 11 is 4.11. The van der Waals surface area contributed by atoms with Gasteiger partial charge in [-0.3, -0.25) is 0 Å². The van der Waals surface area contributed by atoms with Crippen molar-refractivity contribution in [1.82, 2.24) is 0 Å². The SMILES string of the molecule is CCCC#CC1(C(C)(C)C)SCCCS1. The molecule has 0 bridgehead atoms. The number of unbranched alkanes of at least 4 members (excludes halogenated alkanes) is 1. The van der Waals surface area contributed by atoms with Gasteiger partial charge in [-0.15, -0.1) is 29.4 Å². The minimum absolute atomic E-state index is 0.139. The predicted octanol–water partition coefficient (Wildman–Crippen LogP) is 4.40. The highest BCUT2D eigenvalue weighted by Gasteiger charge is 2.43. The molecule has 0 spiro atoms. The van der Waals surface area contributed by atoms with Crippen molar-refractivity contribution in [3.8, 4) is 11.8 Å². The molecule has 0 atom stereocenters. The fourth-order valence-electron chi connectivity index (χ4n) is 1.53. The van der Waals surface area contributed by atoms with Crippen LogP contribution in [0.4, 0.5) is 0 Å². The third-order valence-corrected chi connectivity index (χ3v) is 6.45. The van der Waals surface area contributed by atoms with Crippen LogP contribution >= 0.6 is 23.5 Å². The lowest BCUT2D eigenvalue weighted by molar-refractivity contribution is 0.414. The van der Waals surface area contributed by atoms with E-state index in [0.717, 1.165) is 6.42 Å². The maximum absolute atomic E-state index is 3.55. The van der Waals surface area contributed by atoms with Gasteiger partial charge in [0.25, 0.3) is 0 Å². The molecule has 0 aromatic carbocycles. The Morgan fingerprint density at radius 2 is 1.80 bits per heavy atom. The second kappa shape index (κ2) is 5.55. The van der Waals surface area contributed by atoms with E-state index >= 15 is 0 Å². The molecule has 1 aliphatic heterocycles. The molecular formula is C13H22S2. The molecule has 1 rings (SSSR count). The highest BCUT2D eigenvalue weighted by atomic mass is 32.2. The fourth-order valence-corrected chi connectivity index (χ4v) is 4.85. The molecule has 0 aliphatic carbocycles. The average molecular weight is 242 g/mol. The maximum Gasteiger partial charge on any atom is 0.127 e. The molecule has 0 radical (unpaired) electrons. The Balaban J connectivity index is 2.82. The molecule has 1 heterocycles. The Hall–Kier alpha value is 0.260. The Labute approximate surface area is 103 Å². The lowest BCUT2D eigenvalue weighted by Gasteiger charge is -2.42. The number of rotatable bonds is 1. The summed E-state index contributed by atoms with van der Waals surface area (Å²) < 4.78 is 0.139. The standard InChI is InChI=1S/C13H22S2/c1-5-6-7-9-13(12(2,3)4)14-10-8-11-15-13/h5-6,8,10-11H2,1-4H3. The van der Waals surface area contributed by atoms with Crippen LogP contribution in [0.3, 0.4) is 0 Å². The summed E-state index contributed by atoms with van der Waals surface area (Å²) in [6, 6.07) is 0. The molecule has 15 heavy (non-hydrogen) atoms. The Kier molecular flexibility index (Phi) is 4.93. The summed E-state index contributed by atoms with van der Waals surface area (Å²) in [4.78, 5) is 0. The summed E-state index contributed by atoms with van der Waals surface area (Å²) in [6.45, 7) is 9.15. The first-order valence-corrected chi connectivity index (χ1v) is 7.77. The molecule has 2 heteroatoms. The summed E-state index contributed by atoms with van der Waals surface area (Å²) in [6.07, 6.45) is 3.55. The minimum Gasteiger partial charge on any atom is -0.131 e. The topological polar surface area (TPSA) is 0 Å². The molecule has 0 N–H and O–H groups in total. The van der Waals surface area contributed by atoms with Crippen LogP contribution in [0, 0.1) is 17.3 Å². The summed E-state index contributed by atoms with van der Waals surface area (Å²) in [7, 11) is 0. The van der Waals surface area contributed by atoms with Gasteiger partial charge in [0, 0.05) is 6.42 Å². The molecular weight excluding hydrogens is 220 g/mol. The molecule has 0 amide bonds. The second-order valence-electron chi connectivity index (χ2n) is 4.97. The van der Waals surface area contributed by atoms with Gasteiger partial charge in [-0.25, -0.2) is 0 Å². The van der Waals surface area contributed by atoms with Crippen LogP contribution in [0.25, 0.3) is 0 Å². The van der Waals surface area contributed by atoms with Crippen LogP contribution < -0.4 is 0 Å². The van der Waals surface area contributed by atoms with Crippen molar-refractivity contribution in [1.29, 1.82) is 0 Å². The largest absolute Gasteiger partial charge is 0.131 e. The molecule has 0 nitrogen and oxygen atoms in total. The molecule has 0 saturated carbocycles. The zero-order chi connectivity index (χ0) is 11.4. The summed E-state index contributed by atoms with van der Waals surface area (Å²) in [5.74, 6) is 9.45. The van der Waals surface area contributed by atoms with Crippen LogP contribution in [-0.4, -0.2) is 15.6 Å². The fraction of sp³-hybridized carbons (Fsp3) is 0.846. The van der Waals surface area contributed by atoms with E-state index in [0.29, 0.717) is 0 Å². The molecule has 86 valence electrons. The third kappa shape index (κ3) is 3.36. The smallest absolute Gasteiger partial charge is 0.127 e. The van der Waals surface area contributed by atoms with Crippen molar-refractivity contribution in [3.05, 3.63) is 0 Å². The van der Waals surface area contributed by atoms with Crippen molar-refractivity contribution < 1.29 is 0 Å². The van der Waals surface area contributed by atoms with Gasteiger partial charge in [0.2, 0.25) is 0 Å². The monoisotopic (exact) mass is 242 g/mol. The van der Waals surface area contributed by atoms with Crippen LogP contribution in [0.2, 0.25) is 0 Å². The average Bonchev–Trinajstić information content (AvgIpc) is 2.18. The van der Waals surface area contributed by atoms with E-state index in [-0.39, 0.29) is 9.49 Å². The van der Waals surface area contributed by atoms with E-state index < -0.39 is 0 Å². The first-order chi connectivity index (χ1) is 7.02. The molecule has 0 aromatic heterocycles. The van der Waals surface area contributed by atoms with Gasteiger partial charge < -0.3 is 0 Å². The first kappa shape index (κ1) is 13.3. The summed E-state index contributed by atoms with van der Waals surface area (Å²) in [5.41, 5.74) is 0.267. The van der Waals surface area contributed by atoms with Crippen LogP contribution in [0.1, 0.15) is 47.0 Å². The van der Waals surface area contributed by atoms with E-state index in [4.69, 9.17) is 0 Å². The van der Waals surface area contributed by atoms with E-state index in [2.05, 4.69) is 63.1 Å². The van der Waals surface area contributed by atoms with Crippen molar-refractivity contribution in [2.75, 3.05) is 11.5 Å². The van der Waals surface area contributed by atoms with Gasteiger partial charge in [0.15, 0.2) is 0 Å². The van der Waals surface area contributed by atoms with Crippen molar-refractivity contribution >= 4 is 23.5 Å². The third-order valence-electron chi connectivity index (χ3n) is 2.51. The lowest BCUT2D eigenvalue weighted by atomic mass is 9.91. The van der Waals surface area contributed by atoms with Gasteiger partial charge in [-0.2, -0.15) is 0 Å².